The number of piperidine rings is 1. The molecule has 0 atom stereocenters. The largest absolute Gasteiger partial charge is 0.396 e. The molecule has 1 aromatic carbocycles. The van der Waals surface area contributed by atoms with Crippen molar-refractivity contribution in [2.24, 2.45) is 5.41 Å². The number of likely N-dealkylation sites (tertiary alicyclic amines) is 1. The van der Waals surface area contributed by atoms with Gasteiger partial charge in [0.15, 0.2) is 0 Å². The van der Waals surface area contributed by atoms with Crippen LogP contribution in [-0.2, 0) is 0 Å². The summed E-state index contributed by atoms with van der Waals surface area (Å²) in [5, 5.41) is 15.5. The average Bonchev–Trinajstić information content (AvgIpc) is 3.17. The number of carbonyl (C=O) groups is 1. The molecule has 2 amide bonds. The molecule has 3 rings (SSSR count). The van der Waals surface area contributed by atoms with Crippen LogP contribution in [0.5, 0.6) is 0 Å². The number of rotatable bonds is 4. The zero-order valence-corrected chi connectivity index (χ0v) is 14.7. The third-order valence-corrected chi connectivity index (χ3v) is 5.83. The van der Waals surface area contributed by atoms with Crippen LogP contribution in [0, 0.1) is 5.41 Å². The van der Waals surface area contributed by atoms with Crippen LogP contribution in [0.2, 0.25) is 0 Å². The van der Waals surface area contributed by atoms with Gasteiger partial charge in [0.1, 0.15) is 5.01 Å². The smallest absolute Gasteiger partial charge is 0.321 e. The number of aliphatic hydroxyl groups excluding tert-OH is 1. The number of hydrogen-bond donors (Lipinski definition) is 2. The second-order valence-corrected chi connectivity index (χ2v) is 7.24. The first kappa shape index (κ1) is 16.9. The number of nitrogens with zero attached hydrogens (tertiary/aromatic N) is 2. The molecule has 0 bridgehead atoms. The van der Waals surface area contributed by atoms with Crippen LogP contribution in [0.15, 0.2) is 35.8 Å². The van der Waals surface area contributed by atoms with Crippen molar-refractivity contribution >= 4 is 23.1 Å². The molecule has 5 nitrogen and oxygen atoms in total. The molecule has 0 saturated carbocycles. The maximum Gasteiger partial charge on any atom is 0.321 e. The van der Waals surface area contributed by atoms with Crippen molar-refractivity contribution in [1.29, 1.82) is 0 Å². The van der Waals surface area contributed by atoms with Gasteiger partial charge in [-0.15, -0.1) is 11.3 Å². The lowest BCUT2D eigenvalue weighted by Crippen LogP contribution is -2.46. The summed E-state index contributed by atoms with van der Waals surface area (Å²) in [6, 6.07) is 7.68. The summed E-state index contributed by atoms with van der Waals surface area (Å²) in [5.41, 5.74) is 1.83. The van der Waals surface area contributed by atoms with Crippen LogP contribution < -0.4 is 5.32 Å². The Morgan fingerprint density at radius 1 is 1.33 bits per heavy atom. The highest BCUT2D eigenvalue weighted by Gasteiger charge is 2.33. The van der Waals surface area contributed by atoms with Gasteiger partial charge in [0.25, 0.3) is 0 Å². The van der Waals surface area contributed by atoms with Crippen molar-refractivity contribution in [3.05, 3.63) is 35.8 Å². The standard InChI is InChI=1S/C18H23N3O2S/c1-2-18(13-22)7-10-21(11-8-18)17(23)20-15-5-3-14(4-6-15)16-19-9-12-24-16/h3-6,9,12,22H,2,7-8,10-11,13H2,1H3,(H,20,23). The van der Waals surface area contributed by atoms with Gasteiger partial charge >= 0.3 is 6.03 Å². The molecular weight excluding hydrogens is 322 g/mol. The van der Waals surface area contributed by atoms with E-state index < -0.39 is 0 Å². The van der Waals surface area contributed by atoms with E-state index in [4.69, 9.17) is 0 Å². The van der Waals surface area contributed by atoms with E-state index >= 15 is 0 Å². The van der Waals surface area contributed by atoms with Crippen molar-refractivity contribution in [3.8, 4) is 10.6 Å². The molecular formula is C18H23N3O2S. The molecule has 1 fully saturated rings. The van der Waals surface area contributed by atoms with Gasteiger partial charge < -0.3 is 15.3 Å². The summed E-state index contributed by atoms with van der Waals surface area (Å²) in [5.74, 6) is 0. The highest BCUT2D eigenvalue weighted by molar-refractivity contribution is 7.13. The molecule has 1 aromatic heterocycles. The van der Waals surface area contributed by atoms with Gasteiger partial charge in [-0.3, -0.25) is 0 Å². The van der Waals surface area contributed by atoms with Crippen LogP contribution in [0.1, 0.15) is 26.2 Å². The highest BCUT2D eigenvalue weighted by Crippen LogP contribution is 2.34. The van der Waals surface area contributed by atoms with Gasteiger partial charge in [-0.05, 0) is 48.9 Å². The monoisotopic (exact) mass is 345 g/mol. The fraction of sp³-hybridized carbons (Fsp3) is 0.444. The maximum atomic E-state index is 12.4. The number of urea groups is 1. The Hall–Kier alpha value is -1.92. The minimum Gasteiger partial charge on any atom is -0.396 e. The van der Waals surface area contributed by atoms with E-state index in [1.807, 2.05) is 34.5 Å². The second-order valence-electron chi connectivity index (χ2n) is 6.34. The highest BCUT2D eigenvalue weighted by atomic mass is 32.1. The Labute approximate surface area is 146 Å². The maximum absolute atomic E-state index is 12.4. The molecule has 128 valence electrons. The second kappa shape index (κ2) is 7.32. The van der Waals surface area contributed by atoms with Gasteiger partial charge in [-0.1, -0.05) is 6.92 Å². The van der Waals surface area contributed by atoms with Crippen LogP contribution >= 0.6 is 11.3 Å². The van der Waals surface area contributed by atoms with Crippen LogP contribution in [-0.4, -0.2) is 40.7 Å². The molecule has 1 saturated heterocycles. The zero-order valence-electron chi connectivity index (χ0n) is 13.9. The number of thiazole rings is 1. The number of benzene rings is 1. The van der Waals surface area contributed by atoms with Crippen molar-refractivity contribution in [3.63, 3.8) is 0 Å². The lowest BCUT2D eigenvalue weighted by molar-refractivity contribution is 0.0542. The van der Waals surface area contributed by atoms with Gasteiger partial charge in [0, 0.05) is 42.5 Å². The third-order valence-electron chi connectivity index (χ3n) is 5.01. The Morgan fingerprint density at radius 2 is 2.04 bits per heavy atom. The SMILES string of the molecule is CCC1(CO)CCN(C(=O)Nc2ccc(-c3nccs3)cc2)CC1. The van der Waals surface area contributed by atoms with Crippen LogP contribution in [0.3, 0.4) is 0 Å². The minimum atomic E-state index is -0.0698. The summed E-state index contributed by atoms with van der Waals surface area (Å²) in [7, 11) is 0. The summed E-state index contributed by atoms with van der Waals surface area (Å²) >= 11 is 1.60. The fourth-order valence-corrected chi connectivity index (χ4v) is 3.72. The molecule has 0 aliphatic carbocycles. The number of nitrogens with one attached hydrogen (secondary N) is 1. The van der Waals surface area contributed by atoms with Crippen molar-refractivity contribution in [1.82, 2.24) is 9.88 Å². The van der Waals surface area contributed by atoms with E-state index in [-0.39, 0.29) is 18.1 Å². The van der Waals surface area contributed by atoms with Gasteiger partial charge in [-0.25, -0.2) is 9.78 Å². The van der Waals surface area contributed by atoms with Crippen LogP contribution in [0.4, 0.5) is 10.5 Å². The molecule has 0 radical (unpaired) electrons. The molecule has 1 aliphatic heterocycles. The van der Waals surface area contributed by atoms with E-state index in [0.717, 1.165) is 35.5 Å². The molecule has 2 aromatic rings. The van der Waals surface area contributed by atoms with Crippen molar-refractivity contribution < 1.29 is 9.90 Å². The Balaban J connectivity index is 1.57. The normalized spacial score (nSPS) is 16.8. The number of aromatic nitrogens is 1. The first-order chi connectivity index (χ1) is 11.7. The first-order valence-electron chi connectivity index (χ1n) is 8.32. The van der Waals surface area contributed by atoms with Gasteiger partial charge in [-0.2, -0.15) is 0 Å². The summed E-state index contributed by atoms with van der Waals surface area (Å²) in [6.07, 6.45) is 4.46. The lowest BCUT2D eigenvalue weighted by atomic mass is 9.77. The molecule has 1 aliphatic rings. The summed E-state index contributed by atoms with van der Waals surface area (Å²) in [4.78, 5) is 18.5. The number of carbonyl (C=O) groups excluding carboxylic acids is 1. The molecule has 6 heteroatoms. The molecule has 0 unspecified atom stereocenters. The van der Waals surface area contributed by atoms with Crippen LogP contribution in [0.25, 0.3) is 10.6 Å². The van der Waals surface area contributed by atoms with Gasteiger partial charge in [0.05, 0.1) is 0 Å². The van der Waals surface area contributed by atoms with Gasteiger partial charge in [0.2, 0.25) is 0 Å². The summed E-state index contributed by atoms with van der Waals surface area (Å²) in [6.45, 7) is 3.70. The van der Waals surface area contributed by atoms with E-state index in [1.54, 1.807) is 17.5 Å². The topological polar surface area (TPSA) is 65.5 Å². The molecule has 2 N–H and O–H groups in total. The minimum absolute atomic E-state index is 0.00780. The zero-order chi connectivity index (χ0) is 17.0. The quantitative estimate of drug-likeness (QED) is 0.885. The predicted molar refractivity (Wildman–Crippen MR) is 97.2 cm³/mol. The van der Waals surface area contributed by atoms with Crippen molar-refractivity contribution in [2.75, 3.05) is 25.0 Å². The Morgan fingerprint density at radius 3 is 2.58 bits per heavy atom. The molecule has 2 heterocycles. The first-order valence-corrected chi connectivity index (χ1v) is 9.20. The third kappa shape index (κ3) is 3.60. The van der Waals surface area contributed by atoms with E-state index in [1.165, 1.54) is 0 Å². The number of anilines is 1. The number of hydrogen-bond acceptors (Lipinski definition) is 4. The molecule has 0 spiro atoms. The number of amides is 2. The predicted octanol–water partition coefficient (Wildman–Crippen LogP) is 3.83. The van der Waals surface area contributed by atoms with E-state index in [0.29, 0.717) is 13.1 Å². The van der Waals surface area contributed by atoms with E-state index in [2.05, 4.69) is 17.2 Å². The fourth-order valence-electron chi connectivity index (χ4n) is 3.07. The molecule has 24 heavy (non-hydrogen) atoms. The van der Waals surface area contributed by atoms with E-state index in [9.17, 15) is 9.90 Å². The summed E-state index contributed by atoms with van der Waals surface area (Å²) < 4.78 is 0. The van der Waals surface area contributed by atoms with Crippen molar-refractivity contribution in [2.45, 2.75) is 26.2 Å². The Kier molecular flexibility index (Phi) is 5.16. The lowest BCUT2D eigenvalue weighted by Gasteiger charge is -2.40. The number of aliphatic hydroxyl groups is 1. The Bertz CT molecular complexity index is 656. The average molecular weight is 345 g/mol.